The first-order valence-electron chi connectivity index (χ1n) is 7.84. The largest absolute Gasteiger partial charge is 0.480 e. The molecule has 2 N–H and O–H groups in total. The average Bonchev–Trinajstić information content (AvgIpc) is 3.19. The van der Waals surface area contributed by atoms with Crippen LogP contribution < -0.4 is 5.32 Å². The molecule has 0 bridgehead atoms. The zero-order chi connectivity index (χ0) is 15.6. The van der Waals surface area contributed by atoms with Gasteiger partial charge >= 0.3 is 5.97 Å². The number of nitrogens with one attached hydrogen (secondary N) is 1. The van der Waals surface area contributed by atoms with Gasteiger partial charge in [0.05, 0.1) is 6.61 Å². The highest BCUT2D eigenvalue weighted by Crippen LogP contribution is 2.31. The molecule has 0 aromatic heterocycles. The lowest BCUT2D eigenvalue weighted by Crippen LogP contribution is -2.52. The molecule has 1 saturated heterocycles. The van der Waals surface area contributed by atoms with Crippen molar-refractivity contribution in [1.29, 1.82) is 0 Å². The number of carboxylic acid groups (broad SMARTS) is 1. The van der Waals surface area contributed by atoms with Gasteiger partial charge in [-0.05, 0) is 37.0 Å². The highest BCUT2D eigenvalue weighted by Gasteiger charge is 2.42. The highest BCUT2D eigenvalue weighted by atomic mass is 16.5. The van der Waals surface area contributed by atoms with Gasteiger partial charge in [0.2, 0.25) is 0 Å². The van der Waals surface area contributed by atoms with Crippen molar-refractivity contribution >= 4 is 11.9 Å². The summed E-state index contributed by atoms with van der Waals surface area (Å²) in [5, 5.41) is 12.2. The van der Waals surface area contributed by atoms with Gasteiger partial charge in [0, 0.05) is 18.1 Å². The fraction of sp³-hybridized carbons (Fsp3) is 0.529. The third-order valence-corrected chi connectivity index (χ3v) is 4.77. The van der Waals surface area contributed by atoms with Gasteiger partial charge in [-0.2, -0.15) is 0 Å². The van der Waals surface area contributed by atoms with Gasteiger partial charge in [-0.25, -0.2) is 4.79 Å². The van der Waals surface area contributed by atoms with E-state index in [1.807, 2.05) is 18.2 Å². The summed E-state index contributed by atoms with van der Waals surface area (Å²) >= 11 is 0. The predicted molar refractivity (Wildman–Crippen MR) is 80.9 cm³/mol. The standard InChI is InChI=1S/C17H21NO4/c19-15(18-17(16(20)21)7-1-2-8-17)13-5-3-4-12(10-13)14-6-9-22-11-14/h3-5,10,14H,1-2,6-9,11H2,(H,18,19)(H,20,21). The maximum absolute atomic E-state index is 12.5. The second-order valence-electron chi connectivity index (χ2n) is 6.23. The Hall–Kier alpha value is -1.88. The molecular formula is C17H21NO4. The van der Waals surface area contributed by atoms with Crippen molar-refractivity contribution in [1.82, 2.24) is 5.32 Å². The normalized spacial score (nSPS) is 23.4. The van der Waals surface area contributed by atoms with Crippen LogP contribution in [0.15, 0.2) is 24.3 Å². The van der Waals surface area contributed by atoms with Crippen molar-refractivity contribution < 1.29 is 19.4 Å². The molecule has 1 unspecified atom stereocenters. The molecule has 1 heterocycles. The number of benzene rings is 1. The lowest BCUT2D eigenvalue weighted by atomic mass is 9.95. The number of ether oxygens (including phenoxy) is 1. The van der Waals surface area contributed by atoms with Crippen LogP contribution in [0.2, 0.25) is 0 Å². The summed E-state index contributed by atoms with van der Waals surface area (Å²) in [5.74, 6) is -0.906. The highest BCUT2D eigenvalue weighted by molar-refractivity contribution is 5.98. The Labute approximate surface area is 129 Å². The molecule has 5 heteroatoms. The smallest absolute Gasteiger partial charge is 0.329 e. The molecule has 1 atom stereocenters. The molecule has 1 amide bonds. The minimum atomic E-state index is -1.09. The van der Waals surface area contributed by atoms with Crippen molar-refractivity contribution in [2.24, 2.45) is 0 Å². The van der Waals surface area contributed by atoms with E-state index in [1.165, 1.54) is 0 Å². The molecule has 1 aromatic carbocycles. The fourth-order valence-corrected chi connectivity index (χ4v) is 3.39. The fourth-order valence-electron chi connectivity index (χ4n) is 3.39. The summed E-state index contributed by atoms with van der Waals surface area (Å²) in [7, 11) is 0. The molecule has 3 rings (SSSR count). The van der Waals surface area contributed by atoms with Crippen molar-refractivity contribution in [2.45, 2.75) is 43.6 Å². The Bertz CT molecular complexity index is 572. The number of rotatable bonds is 4. The first-order chi connectivity index (χ1) is 10.6. The van der Waals surface area contributed by atoms with Gasteiger partial charge in [-0.3, -0.25) is 4.79 Å². The molecule has 118 valence electrons. The minimum absolute atomic E-state index is 0.301. The van der Waals surface area contributed by atoms with Gasteiger partial charge in [0.25, 0.3) is 5.91 Å². The van der Waals surface area contributed by atoms with Gasteiger partial charge in [0.15, 0.2) is 0 Å². The molecule has 0 radical (unpaired) electrons. The van der Waals surface area contributed by atoms with E-state index < -0.39 is 11.5 Å². The number of hydrogen-bond acceptors (Lipinski definition) is 3. The Kier molecular flexibility index (Phi) is 4.16. The van der Waals surface area contributed by atoms with E-state index in [9.17, 15) is 14.7 Å². The number of amides is 1. The molecule has 1 saturated carbocycles. The maximum atomic E-state index is 12.5. The first kappa shape index (κ1) is 15.0. The second-order valence-corrected chi connectivity index (χ2v) is 6.23. The minimum Gasteiger partial charge on any atom is -0.480 e. The van der Waals surface area contributed by atoms with Crippen LogP contribution >= 0.6 is 0 Å². The summed E-state index contributed by atoms with van der Waals surface area (Å²) in [5.41, 5.74) is 0.515. The van der Waals surface area contributed by atoms with Crippen molar-refractivity contribution in [3.8, 4) is 0 Å². The lowest BCUT2D eigenvalue weighted by molar-refractivity contribution is -0.144. The van der Waals surface area contributed by atoms with Crippen LogP contribution in [-0.2, 0) is 9.53 Å². The lowest BCUT2D eigenvalue weighted by Gasteiger charge is -2.25. The van der Waals surface area contributed by atoms with Crippen molar-refractivity contribution in [2.75, 3.05) is 13.2 Å². The maximum Gasteiger partial charge on any atom is 0.329 e. The van der Waals surface area contributed by atoms with Crippen LogP contribution in [0, 0.1) is 0 Å². The Morgan fingerprint density at radius 2 is 2.05 bits per heavy atom. The van der Waals surface area contributed by atoms with Gasteiger partial charge in [0.1, 0.15) is 5.54 Å². The zero-order valence-electron chi connectivity index (χ0n) is 12.5. The molecule has 1 aliphatic carbocycles. The number of aliphatic carboxylic acids is 1. The molecule has 0 spiro atoms. The Balaban J connectivity index is 1.77. The van der Waals surface area contributed by atoms with Gasteiger partial charge in [-0.1, -0.05) is 25.0 Å². The zero-order valence-corrected chi connectivity index (χ0v) is 12.5. The molecule has 5 nitrogen and oxygen atoms in total. The molecule has 1 aromatic rings. The average molecular weight is 303 g/mol. The van der Waals surface area contributed by atoms with Crippen LogP contribution in [0.3, 0.4) is 0 Å². The van der Waals surface area contributed by atoms with E-state index >= 15 is 0 Å². The van der Waals surface area contributed by atoms with E-state index in [-0.39, 0.29) is 5.91 Å². The van der Waals surface area contributed by atoms with Gasteiger partial charge in [-0.15, -0.1) is 0 Å². The van der Waals surface area contributed by atoms with Crippen LogP contribution in [0.5, 0.6) is 0 Å². The third-order valence-electron chi connectivity index (χ3n) is 4.77. The van der Waals surface area contributed by atoms with Crippen LogP contribution in [0.4, 0.5) is 0 Å². The summed E-state index contributed by atoms with van der Waals surface area (Å²) < 4.78 is 5.39. The number of hydrogen-bond donors (Lipinski definition) is 2. The molecule has 22 heavy (non-hydrogen) atoms. The number of carbonyl (C=O) groups excluding carboxylic acids is 1. The van der Waals surface area contributed by atoms with Gasteiger partial charge < -0.3 is 15.2 Å². The first-order valence-corrected chi connectivity index (χ1v) is 7.84. The monoisotopic (exact) mass is 303 g/mol. The van der Waals surface area contributed by atoms with Crippen LogP contribution in [-0.4, -0.2) is 35.7 Å². The number of carboxylic acids is 1. The second kappa shape index (κ2) is 6.08. The van der Waals surface area contributed by atoms with Crippen LogP contribution in [0.25, 0.3) is 0 Å². The van der Waals surface area contributed by atoms with E-state index in [0.717, 1.165) is 31.4 Å². The quantitative estimate of drug-likeness (QED) is 0.895. The molecule has 2 aliphatic rings. The molecule has 1 aliphatic heterocycles. The molecular weight excluding hydrogens is 282 g/mol. The van der Waals surface area contributed by atoms with E-state index in [1.54, 1.807) is 6.07 Å². The van der Waals surface area contributed by atoms with Crippen molar-refractivity contribution in [3.63, 3.8) is 0 Å². The van der Waals surface area contributed by atoms with Crippen molar-refractivity contribution in [3.05, 3.63) is 35.4 Å². The molecule has 2 fully saturated rings. The summed E-state index contributed by atoms with van der Waals surface area (Å²) in [4.78, 5) is 24.0. The Morgan fingerprint density at radius 1 is 1.27 bits per heavy atom. The summed E-state index contributed by atoms with van der Waals surface area (Å²) in [6.45, 7) is 1.44. The Morgan fingerprint density at radius 3 is 2.68 bits per heavy atom. The van der Waals surface area contributed by atoms with Crippen LogP contribution in [0.1, 0.15) is 53.9 Å². The topological polar surface area (TPSA) is 75.6 Å². The van der Waals surface area contributed by atoms with E-state index in [2.05, 4.69) is 5.32 Å². The number of carbonyl (C=O) groups is 2. The predicted octanol–water partition coefficient (Wildman–Crippen LogP) is 2.32. The summed E-state index contributed by atoms with van der Waals surface area (Å²) in [6, 6.07) is 7.45. The summed E-state index contributed by atoms with van der Waals surface area (Å²) in [6.07, 6.45) is 3.65. The third kappa shape index (κ3) is 2.86. The SMILES string of the molecule is O=C(NC1(C(=O)O)CCCC1)c1cccc(C2CCOC2)c1. The van der Waals surface area contributed by atoms with E-state index in [0.29, 0.717) is 30.9 Å². The van der Waals surface area contributed by atoms with E-state index in [4.69, 9.17) is 4.74 Å².